The quantitative estimate of drug-likeness (QED) is 0.842. The molecule has 1 atom stereocenters. The standard InChI is InChI=1S/C19H25N/c1-13-6-7-16(12-14(13)2)18(20)15-8-10-17(11-9-15)19(3,4)5/h6-12,18H,20H2,1-5H3. The van der Waals surface area contributed by atoms with Gasteiger partial charge < -0.3 is 5.73 Å². The molecule has 1 heteroatoms. The predicted molar refractivity (Wildman–Crippen MR) is 87.1 cm³/mol. The van der Waals surface area contributed by atoms with E-state index in [2.05, 4.69) is 77.1 Å². The van der Waals surface area contributed by atoms with Crippen LogP contribution in [0.4, 0.5) is 0 Å². The second-order valence-electron chi connectivity index (χ2n) is 6.69. The molecule has 1 unspecified atom stereocenters. The summed E-state index contributed by atoms with van der Waals surface area (Å²) >= 11 is 0. The molecule has 0 fully saturated rings. The lowest BCUT2D eigenvalue weighted by Gasteiger charge is -2.20. The Hall–Kier alpha value is -1.60. The van der Waals surface area contributed by atoms with Crippen LogP contribution in [-0.2, 0) is 5.41 Å². The molecule has 0 aliphatic rings. The molecule has 2 aromatic rings. The molecular weight excluding hydrogens is 242 g/mol. The average Bonchev–Trinajstić information content (AvgIpc) is 2.40. The number of benzene rings is 2. The lowest BCUT2D eigenvalue weighted by atomic mass is 9.86. The van der Waals surface area contributed by atoms with Gasteiger partial charge in [-0.3, -0.25) is 0 Å². The topological polar surface area (TPSA) is 26.0 Å². The number of hydrogen-bond donors (Lipinski definition) is 1. The second kappa shape index (κ2) is 5.41. The maximum absolute atomic E-state index is 6.39. The molecule has 0 aliphatic heterocycles. The van der Waals surface area contributed by atoms with E-state index in [1.807, 2.05) is 0 Å². The van der Waals surface area contributed by atoms with Gasteiger partial charge in [0.2, 0.25) is 0 Å². The van der Waals surface area contributed by atoms with Gasteiger partial charge in [-0.05, 0) is 47.1 Å². The van der Waals surface area contributed by atoms with Gasteiger partial charge in [0.1, 0.15) is 0 Å². The highest BCUT2D eigenvalue weighted by molar-refractivity contribution is 5.38. The molecule has 0 bridgehead atoms. The molecule has 0 saturated carbocycles. The summed E-state index contributed by atoms with van der Waals surface area (Å²) in [5.74, 6) is 0. The SMILES string of the molecule is Cc1ccc(C(N)c2ccc(C(C)(C)C)cc2)cc1C. The third kappa shape index (κ3) is 3.10. The summed E-state index contributed by atoms with van der Waals surface area (Å²) in [5.41, 5.74) is 12.9. The maximum Gasteiger partial charge on any atom is 0.0551 e. The van der Waals surface area contributed by atoms with Gasteiger partial charge in [-0.15, -0.1) is 0 Å². The van der Waals surface area contributed by atoms with Crippen molar-refractivity contribution in [2.75, 3.05) is 0 Å². The third-order valence-corrected chi connectivity index (χ3v) is 4.03. The van der Waals surface area contributed by atoms with Crippen molar-refractivity contribution in [2.24, 2.45) is 5.73 Å². The molecule has 0 amide bonds. The molecule has 0 radical (unpaired) electrons. The van der Waals surface area contributed by atoms with E-state index < -0.39 is 0 Å². The van der Waals surface area contributed by atoms with E-state index in [1.54, 1.807) is 0 Å². The third-order valence-electron chi connectivity index (χ3n) is 4.03. The Morgan fingerprint density at radius 3 is 1.85 bits per heavy atom. The smallest absolute Gasteiger partial charge is 0.0551 e. The van der Waals surface area contributed by atoms with Crippen LogP contribution in [0.3, 0.4) is 0 Å². The average molecular weight is 267 g/mol. The van der Waals surface area contributed by atoms with Gasteiger partial charge in [0.15, 0.2) is 0 Å². The summed E-state index contributed by atoms with van der Waals surface area (Å²) in [4.78, 5) is 0. The van der Waals surface area contributed by atoms with Crippen molar-refractivity contribution in [3.05, 3.63) is 70.3 Å². The van der Waals surface area contributed by atoms with Gasteiger partial charge in [0, 0.05) is 0 Å². The highest BCUT2D eigenvalue weighted by Gasteiger charge is 2.15. The minimum Gasteiger partial charge on any atom is -0.320 e. The van der Waals surface area contributed by atoms with E-state index in [1.165, 1.54) is 27.8 Å². The zero-order valence-corrected chi connectivity index (χ0v) is 13.2. The van der Waals surface area contributed by atoms with Gasteiger partial charge in [0.05, 0.1) is 6.04 Å². The summed E-state index contributed by atoms with van der Waals surface area (Å²) in [6.07, 6.45) is 0. The Morgan fingerprint density at radius 2 is 1.35 bits per heavy atom. The van der Waals surface area contributed by atoms with Crippen LogP contribution in [0.25, 0.3) is 0 Å². The zero-order valence-electron chi connectivity index (χ0n) is 13.2. The minimum absolute atomic E-state index is 0.0525. The molecule has 1 nitrogen and oxygen atoms in total. The van der Waals surface area contributed by atoms with Crippen molar-refractivity contribution < 1.29 is 0 Å². The number of aryl methyl sites for hydroxylation is 2. The van der Waals surface area contributed by atoms with Crippen LogP contribution in [0.2, 0.25) is 0 Å². The van der Waals surface area contributed by atoms with Crippen molar-refractivity contribution in [2.45, 2.75) is 46.1 Å². The van der Waals surface area contributed by atoms with E-state index in [0.29, 0.717) is 0 Å². The molecule has 2 rings (SSSR count). The van der Waals surface area contributed by atoms with Crippen LogP contribution in [0.5, 0.6) is 0 Å². The lowest BCUT2D eigenvalue weighted by Crippen LogP contribution is -2.14. The minimum atomic E-state index is -0.0525. The Kier molecular flexibility index (Phi) is 4.01. The van der Waals surface area contributed by atoms with Crippen LogP contribution < -0.4 is 5.73 Å². The summed E-state index contributed by atoms with van der Waals surface area (Å²) in [6, 6.07) is 15.1. The normalized spacial score (nSPS) is 13.3. The lowest BCUT2D eigenvalue weighted by molar-refractivity contribution is 0.589. The van der Waals surface area contributed by atoms with Gasteiger partial charge in [-0.25, -0.2) is 0 Å². The van der Waals surface area contributed by atoms with Gasteiger partial charge in [0.25, 0.3) is 0 Å². The fourth-order valence-corrected chi connectivity index (χ4v) is 2.34. The molecule has 2 N–H and O–H groups in total. The van der Waals surface area contributed by atoms with E-state index in [4.69, 9.17) is 5.73 Å². The highest BCUT2D eigenvalue weighted by Crippen LogP contribution is 2.26. The number of nitrogens with two attached hydrogens (primary N) is 1. The van der Waals surface area contributed by atoms with Crippen LogP contribution in [0.15, 0.2) is 42.5 Å². The molecule has 0 heterocycles. The van der Waals surface area contributed by atoms with E-state index in [0.717, 1.165) is 0 Å². The van der Waals surface area contributed by atoms with Gasteiger partial charge in [-0.1, -0.05) is 63.2 Å². The molecule has 20 heavy (non-hydrogen) atoms. The van der Waals surface area contributed by atoms with E-state index >= 15 is 0 Å². The Bertz CT molecular complexity index is 588. The maximum atomic E-state index is 6.39. The molecular formula is C19H25N. The molecule has 0 saturated heterocycles. The number of rotatable bonds is 2. The first-order valence-electron chi connectivity index (χ1n) is 7.22. The first-order chi connectivity index (χ1) is 9.29. The first kappa shape index (κ1) is 14.8. The van der Waals surface area contributed by atoms with E-state index in [-0.39, 0.29) is 11.5 Å². The fraction of sp³-hybridized carbons (Fsp3) is 0.368. The molecule has 0 aliphatic carbocycles. The fourth-order valence-electron chi connectivity index (χ4n) is 2.34. The Balaban J connectivity index is 2.29. The van der Waals surface area contributed by atoms with Crippen LogP contribution in [-0.4, -0.2) is 0 Å². The molecule has 0 spiro atoms. The monoisotopic (exact) mass is 267 g/mol. The van der Waals surface area contributed by atoms with Crippen LogP contribution in [0.1, 0.15) is 54.6 Å². The Morgan fingerprint density at radius 1 is 0.800 bits per heavy atom. The molecule has 0 aromatic heterocycles. The van der Waals surface area contributed by atoms with Crippen molar-refractivity contribution in [3.8, 4) is 0 Å². The van der Waals surface area contributed by atoms with Gasteiger partial charge >= 0.3 is 0 Å². The summed E-state index contributed by atoms with van der Waals surface area (Å²) in [5, 5.41) is 0. The van der Waals surface area contributed by atoms with Crippen molar-refractivity contribution in [3.63, 3.8) is 0 Å². The highest BCUT2D eigenvalue weighted by atomic mass is 14.6. The van der Waals surface area contributed by atoms with E-state index in [9.17, 15) is 0 Å². The Labute approximate surface area is 122 Å². The second-order valence-corrected chi connectivity index (χ2v) is 6.69. The van der Waals surface area contributed by atoms with Gasteiger partial charge in [-0.2, -0.15) is 0 Å². The van der Waals surface area contributed by atoms with Crippen molar-refractivity contribution in [1.82, 2.24) is 0 Å². The summed E-state index contributed by atoms with van der Waals surface area (Å²) in [6.45, 7) is 10.9. The van der Waals surface area contributed by atoms with Crippen LogP contribution >= 0.6 is 0 Å². The zero-order chi connectivity index (χ0) is 14.9. The molecule has 2 aromatic carbocycles. The van der Waals surface area contributed by atoms with Crippen LogP contribution in [0, 0.1) is 13.8 Å². The largest absolute Gasteiger partial charge is 0.320 e. The van der Waals surface area contributed by atoms with Crippen molar-refractivity contribution >= 4 is 0 Å². The summed E-state index contributed by atoms with van der Waals surface area (Å²) in [7, 11) is 0. The predicted octanol–water partition coefficient (Wildman–Crippen LogP) is 4.65. The first-order valence-corrected chi connectivity index (χ1v) is 7.22. The molecule has 106 valence electrons. The number of hydrogen-bond acceptors (Lipinski definition) is 1. The summed E-state index contributed by atoms with van der Waals surface area (Å²) < 4.78 is 0. The van der Waals surface area contributed by atoms with Crippen molar-refractivity contribution in [1.29, 1.82) is 0 Å².